The number of ether oxygens (including phenoxy) is 1. The number of aryl methyl sites for hydroxylation is 3. The summed E-state index contributed by atoms with van der Waals surface area (Å²) >= 11 is 6.37. The van der Waals surface area contributed by atoms with Crippen LogP contribution in [-0.2, 0) is 19.1 Å². The van der Waals surface area contributed by atoms with Gasteiger partial charge in [-0.3, -0.25) is 14.4 Å². The number of nitrogens with zero attached hydrogens (tertiary/aromatic N) is 1. The minimum absolute atomic E-state index is 0.0724. The number of hydrogen-bond donors (Lipinski definition) is 3. The smallest absolute Gasteiger partial charge is 0.408 e. The van der Waals surface area contributed by atoms with Gasteiger partial charge in [-0.15, -0.1) is 6.58 Å². The number of halogens is 1. The number of carbonyl (C=O) groups is 4. The van der Waals surface area contributed by atoms with Gasteiger partial charge in [0.2, 0.25) is 11.8 Å². The number of carbonyl (C=O) groups excluding carboxylic acids is 4. The molecule has 2 aromatic rings. The summed E-state index contributed by atoms with van der Waals surface area (Å²) in [5, 5.41) is 5.64. The molecule has 2 unspecified atom stereocenters. The lowest BCUT2D eigenvalue weighted by molar-refractivity contribution is -0.141. The van der Waals surface area contributed by atoms with E-state index in [0.29, 0.717) is 16.3 Å². The zero-order valence-corrected chi connectivity index (χ0v) is 24.0. The van der Waals surface area contributed by atoms with E-state index in [1.54, 1.807) is 52.0 Å². The molecule has 0 aliphatic heterocycles. The molecule has 2 aromatic carbocycles. The molecule has 4 N–H and O–H groups in total. The fraction of sp³-hybridized carbons (Fsp3) is 0.379. The van der Waals surface area contributed by atoms with Gasteiger partial charge in [-0.1, -0.05) is 53.6 Å². The Bertz CT molecular complexity index is 1230. The summed E-state index contributed by atoms with van der Waals surface area (Å²) in [4.78, 5) is 53.6. The van der Waals surface area contributed by atoms with Crippen LogP contribution >= 0.6 is 11.6 Å². The second-order valence-electron chi connectivity index (χ2n) is 10.3. The largest absolute Gasteiger partial charge is 0.444 e. The number of alkyl carbamates (subject to hydrolysis) is 1. The van der Waals surface area contributed by atoms with E-state index >= 15 is 0 Å². The number of amides is 4. The Hall–Kier alpha value is -3.85. The second-order valence-corrected chi connectivity index (χ2v) is 10.7. The van der Waals surface area contributed by atoms with Crippen LogP contribution in [0.5, 0.6) is 0 Å². The topological polar surface area (TPSA) is 131 Å². The lowest BCUT2D eigenvalue weighted by atomic mass is 9.96. The maximum atomic E-state index is 13.9. The number of nitrogens with one attached hydrogen (secondary N) is 2. The molecule has 10 heteroatoms. The third-order valence-electron chi connectivity index (χ3n) is 5.75. The molecule has 0 aliphatic rings. The zero-order chi connectivity index (χ0) is 29.5. The lowest BCUT2D eigenvalue weighted by Gasteiger charge is -2.34. The van der Waals surface area contributed by atoms with Gasteiger partial charge in [-0.05, 0) is 64.3 Å². The highest BCUT2D eigenvalue weighted by molar-refractivity contribution is 6.34. The summed E-state index contributed by atoms with van der Waals surface area (Å²) in [6.07, 6.45) is 0.0493. The van der Waals surface area contributed by atoms with Crippen molar-refractivity contribution in [3.05, 3.63) is 76.3 Å². The van der Waals surface area contributed by atoms with Gasteiger partial charge in [-0.25, -0.2) is 4.79 Å². The first-order valence-corrected chi connectivity index (χ1v) is 12.8. The van der Waals surface area contributed by atoms with Crippen molar-refractivity contribution in [3.8, 4) is 0 Å². The number of nitrogens with two attached hydrogens (primary N) is 1. The molecule has 0 aromatic heterocycles. The fourth-order valence-electron chi connectivity index (χ4n) is 4.08. The van der Waals surface area contributed by atoms with E-state index in [9.17, 15) is 19.2 Å². The van der Waals surface area contributed by atoms with E-state index in [-0.39, 0.29) is 6.54 Å². The van der Waals surface area contributed by atoms with Crippen LogP contribution in [-0.4, -0.2) is 46.9 Å². The number of benzene rings is 2. The number of anilines is 1. The van der Waals surface area contributed by atoms with Crippen LogP contribution in [0.2, 0.25) is 5.02 Å². The molecule has 9 nitrogen and oxygen atoms in total. The van der Waals surface area contributed by atoms with E-state index in [0.717, 1.165) is 16.7 Å². The molecule has 0 saturated carbocycles. The molecule has 0 spiro atoms. The Morgan fingerprint density at radius 2 is 1.77 bits per heavy atom. The van der Waals surface area contributed by atoms with Crippen molar-refractivity contribution in [1.82, 2.24) is 10.2 Å². The third kappa shape index (κ3) is 8.85. The Kier molecular flexibility index (Phi) is 10.7. The highest BCUT2D eigenvalue weighted by Gasteiger charge is 2.37. The highest BCUT2D eigenvalue weighted by Crippen LogP contribution is 2.31. The van der Waals surface area contributed by atoms with Crippen molar-refractivity contribution < 1.29 is 23.9 Å². The van der Waals surface area contributed by atoms with Crippen molar-refractivity contribution in [2.75, 3.05) is 11.9 Å². The molecule has 0 heterocycles. The first-order chi connectivity index (χ1) is 18.1. The summed E-state index contributed by atoms with van der Waals surface area (Å²) in [7, 11) is 0. The van der Waals surface area contributed by atoms with Crippen molar-refractivity contribution in [2.45, 2.75) is 65.6 Å². The standard InChI is InChI=1S/C29H37ClN4O5/c1-8-14-34(27(37)22(16-23(31)35)32-28(38)39-29(5,6)7)25(20-13-12-17(2)15-19(20)4)26(36)33-24-18(3)10-9-11-21(24)30/h8-13,15,22,25H,1,14,16H2,2-7H3,(H2,31,35)(H,32,38)(H,33,36). The number of rotatable bonds is 10. The van der Waals surface area contributed by atoms with Crippen molar-refractivity contribution in [2.24, 2.45) is 5.73 Å². The van der Waals surface area contributed by atoms with Gasteiger partial charge in [0.05, 0.1) is 17.1 Å². The highest BCUT2D eigenvalue weighted by atomic mass is 35.5. The minimum Gasteiger partial charge on any atom is -0.444 e. The first kappa shape index (κ1) is 31.4. The summed E-state index contributed by atoms with van der Waals surface area (Å²) in [5.41, 5.74) is 7.99. The number of para-hydroxylation sites is 1. The van der Waals surface area contributed by atoms with Crippen LogP contribution < -0.4 is 16.4 Å². The van der Waals surface area contributed by atoms with Crippen LogP contribution in [0.1, 0.15) is 55.5 Å². The molecular weight excluding hydrogens is 520 g/mol. The monoisotopic (exact) mass is 556 g/mol. The molecule has 2 atom stereocenters. The van der Waals surface area contributed by atoms with Gasteiger partial charge in [0.15, 0.2) is 0 Å². The maximum absolute atomic E-state index is 13.9. The summed E-state index contributed by atoms with van der Waals surface area (Å²) in [6, 6.07) is 8.15. The van der Waals surface area contributed by atoms with Crippen molar-refractivity contribution in [1.29, 1.82) is 0 Å². The second kappa shape index (κ2) is 13.3. The summed E-state index contributed by atoms with van der Waals surface area (Å²) < 4.78 is 5.28. The van der Waals surface area contributed by atoms with Gasteiger partial charge >= 0.3 is 6.09 Å². The van der Waals surface area contributed by atoms with Gasteiger partial charge < -0.3 is 26.0 Å². The Morgan fingerprint density at radius 3 is 2.31 bits per heavy atom. The minimum atomic E-state index is -1.39. The third-order valence-corrected chi connectivity index (χ3v) is 6.07. The quantitative estimate of drug-likeness (QED) is 0.364. The fourth-order valence-corrected chi connectivity index (χ4v) is 4.35. The van der Waals surface area contributed by atoms with Crippen LogP contribution in [0, 0.1) is 20.8 Å². The lowest BCUT2D eigenvalue weighted by Crippen LogP contribution is -2.53. The Labute approximate surface area is 234 Å². The van der Waals surface area contributed by atoms with E-state index in [4.69, 9.17) is 22.1 Å². The van der Waals surface area contributed by atoms with Crippen LogP contribution in [0.4, 0.5) is 10.5 Å². The molecule has 0 saturated heterocycles. The Balaban J connectivity index is 2.61. The maximum Gasteiger partial charge on any atom is 0.408 e. The van der Waals surface area contributed by atoms with E-state index in [1.165, 1.54) is 11.0 Å². The predicted octanol–water partition coefficient (Wildman–Crippen LogP) is 4.73. The van der Waals surface area contributed by atoms with Gasteiger partial charge in [0, 0.05) is 6.54 Å². The SMILES string of the molecule is C=CCN(C(=O)C(CC(N)=O)NC(=O)OC(C)(C)C)C(C(=O)Nc1c(C)cccc1Cl)c1ccc(C)cc1C. The molecule has 0 bridgehead atoms. The van der Waals surface area contributed by atoms with Crippen LogP contribution in [0.3, 0.4) is 0 Å². The molecule has 0 fully saturated rings. The molecule has 0 aliphatic carbocycles. The van der Waals surface area contributed by atoms with Crippen molar-refractivity contribution >= 4 is 41.1 Å². The van der Waals surface area contributed by atoms with E-state index in [2.05, 4.69) is 17.2 Å². The normalized spacial score (nSPS) is 12.6. The molecule has 210 valence electrons. The summed E-state index contributed by atoms with van der Waals surface area (Å²) in [6.45, 7) is 14.2. The predicted molar refractivity (Wildman–Crippen MR) is 152 cm³/mol. The summed E-state index contributed by atoms with van der Waals surface area (Å²) in [5.74, 6) is -2.07. The average molecular weight is 557 g/mol. The van der Waals surface area contributed by atoms with Crippen LogP contribution in [0.25, 0.3) is 0 Å². The molecular formula is C29H37ClN4O5. The molecule has 39 heavy (non-hydrogen) atoms. The first-order valence-electron chi connectivity index (χ1n) is 12.5. The molecule has 0 radical (unpaired) electrons. The van der Waals surface area contributed by atoms with E-state index in [1.807, 2.05) is 26.0 Å². The number of hydrogen-bond acceptors (Lipinski definition) is 5. The van der Waals surface area contributed by atoms with Crippen LogP contribution in [0.15, 0.2) is 49.1 Å². The molecule has 4 amide bonds. The molecule has 2 rings (SSSR count). The van der Waals surface area contributed by atoms with Crippen molar-refractivity contribution in [3.63, 3.8) is 0 Å². The Morgan fingerprint density at radius 1 is 1.10 bits per heavy atom. The zero-order valence-electron chi connectivity index (χ0n) is 23.3. The van der Waals surface area contributed by atoms with Gasteiger partial charge in [-0.2, -0.15) is 0 Å². The van der Waals surface area contributed by atoms with Gasteiger partial charge in [0.1, 0.15) is 17.7 Å². The van der Waals surface area contributed by atoms with Gasteiger partial charge in [0.25, 0.3) is 5.91 Å². The number of primary amides is 1. The average Bonchev–Trinajstić information content (AvgIpc) is 2.80. The van der Waals surface area contributed by atoms with E-state index < -0.39 is 47.9 Å².